The summed E-state index contributed by atoms with van der Waals surface area (Å²) in [5.41, 5.74) is 1.53. The van der Waals surface area contributed by atoms with E-state index in [1.54, 1.807) is 24.3 Å². The average Bonchev–Trinajstić information content (AvgIpc) is 3.46. The van der Waals surface area contributed by atoms with Crippen LogP contribution in [0.5, 0.6) is 0 Å². The van der Waals surface area contributed by atoms with Gasteiger partial charge in [0.25, 0.3) is 11.8 Å². The molecule has 4 nitrogen and oxygen atoms in total. The summed E-state index contributed by atoms with van der Waals surface area (Å²) in [6.45, 7) is 0. The van der Waals surface area contributed by atoms with Crippen LogP contribution < -0.4 is 10.6 Å². The minimum Gasteiger partial charge on any atom is -0.349 e. The Hall–Kier alpha value is -3.14. The molecular weight excluding hydrogens is 312 g/mol. The molecule has 3 aromatic carbocycles. The second kappa shape index (κ2) is 6.40. The van der Waals surface area contributed by atoms with Crippen molar-refractivity contribution in [1.29, 1.82) is 0 Å². The number of hydrogen-bond donors (Lipinski definition) is 2. The zero-order valence-electron chi connectivity index (χ0n) is 13.7. The van der Waals surface area contributed by atoms with Gasteiger partial charge in [0, 0.05) is 17.1 Å². The second-order valence-corrected chi connectivity index (χ2v) is 6.27. The van der Waals surface area contributed by atoms with Crippen LogP contribution in [0.3, 0.4) is 0 Å². The Morgan fingerprint density at radius 3 is 2.16 bits per heavy atom. The summed E-state index contributed by atoms with van der Waals surface area (Å²) in [5.74, 6) is -0.468. The number of carbonyl (C=O) groups excluding carboxylic acids is 2. The lowest BCUT2D eigenvalue weighted by atomic mass is 10.0. The molecule has 1 fully saturated rings. The number of amides is 2. The van der Waals surface area contributed by atoms with Gasteiger partial charge >= 0.3 is 0 Å². The van der Waals surface area contributed by atoms with E-state index in [0.29, 0.717) is 11.1 Å². The largest absolute Gasteiger partial charge is 0.349 e. The molecule has 0 saturated heterocycles. The molecule has 1 aliphatic rings. The Kier molecular flexibility index (Phi) is 3.94. The van der Waals surface area contributed by atoms with Crippen molar-refractivity contribution in [3.63, 3.8) is 0 Å². The van der Waals surface area contributed by atoms with Crippen molar-refractivity contribution in [1.82, 2.24) is 5.32 Å². The van der Waals surface area contributed by atoms with Crippen LogP contribution in [0.4, 0.5) is 5.69 Å². The normalized spacial score (nSPS) is 13.4. The fraction of sp³-hybridized carbons (Fsp3) is 0.143. The molecule has 0 heterocycles. The van der Waals surface area contributed by atoms with Gasteiger partial charge in [0.1, 0.15) is 0 Å². The summed E-state index contributed by atoms with van der Waals surface area (Å²) < 4.78 is 0. The van der Waals surface area contributed by atoms with E-state index >= 15 is 0 Å². The van der Waals surface area contributed by atoms with Crippen molar-refractivity contribution in [2.24, 2.45) is 0 Å². The number of rotatable bonds is 4. The molecule has 0 bridgehead atoms. The lowest BCUT2D eigenvalue weighted by Gasteiger charge is -2.12. The molecule has 1 saturated carbocycles. The molecule has 2 N–H and O–H groups in total. The van der Waals surface area contributed by atoms with Crippen LogP contribution in [-0.4, -0.2) is 17.9 Å². The highest BCUT2D eigenvalue weighted by atomic mass is 16.2. The van der Waals surface area contributed by atoms with Gasteiger partial charge in [0.2, 0.25) is 0 Å². The first-order chi connectivity index (χ1) is 12.2. The lowest BCUT2D eigenvalue weighted by molar-refractivity contribution is 0.0938. The molecule has 0 aliphatic heterocycles. The predicted octanol–water partition coefficient (Wildman–Crippen LogP) is 3.98. The van der Waals surface area contributed by atoms with E-state index < -0.39 is 0 Å². The summed E-state index contributed by atoms with van der Waals surface area (Å²) in [5, 5.41) is 7.91. The Morgan fingerprint density at radius 2 is 1.40 bits per heavy atom. The Bertz CT molecular complexity index is 956. The fourth-order valence-corrected chi connectivity index (χ4v) is 2.89. The molecule has 3 aromatic rings. The van der Waals surface area contributed by atoms with Gasteiger partial charge in [-0.3, -0.25) is 9.59 Å². The molecule has 2 amide bonds. The molecule has 4 rings (SSSR count). The summed E-state index contributed by atoms with van der Waals surface area (Å²) in [6, 6.07) is 20.8. The molecule has 4 heteroatoms. The number of carbonyl (C=O) groups is 2. The van der Waals surface area contributed by atoms with E-state index in [1.807, 2.05) is 42.5 Å². The van der Waals surface area contributed by atoms with Crippen LogP contribution in [0.15, 0.2) is 66.7 Å². The van der Waals surface area contributed by atoms with Gasteiger partial charge in [-0.2, -0.15) is 0 Å². The van der Waals surface area contributed by atoms with Crippen molar-refractivity contribution in [2.45, 2.75) is 18.9 Å². The Morgan fingerprint density at radius 1 is 0.760 bits per heavy atom. The third kappa shape index (κ3) is 3.24. The average molecular weight is 330 g/mol. The molecule has 0 atom stereocenters. The van der Waals surface area contributed by atoms with Gasteiger partial charge in [0.05, 0.1) is 11.1 Å². The summed E-state index contributed by atoms with van der Waals surface area (Å²) in [7, 11) is 0. The topological polar surface area (TPSA) is 58.2 Å². The quantitative estimate of drug-likeness (QED) is 0.760. The highest BCUT2D eigenvalue weighted by Crippen LogP contribution is 2.24. The summed E-state index contributed by atoms with van der Waals surface area (Å²) in [6.07, 6.45) is 2.02. The molecule has 124 valence electrons. The van der Waals surface area contributed by atoms with E-state index in [9.17, 15) is 9.59 Å². The SMILES string of the molecule is O=C(Nc1cccc2ccccc12)c1ccccc1C(=O)NC1CC1. The number of hydrogen-bond acceptors (Lipinski definition) is 2. The fourth-order valence-electron chi connectivity index (χ4n) is 2.89. The van der Waals surface area contributed by atoms with Crippen LogP contribution in [0.25, 0.3) is 10.8 Å². The van der Waals surface area contributed by atoms with Gasteiger partial charge in [-0.05, 0) is 36.4 Å². The second-order valence-electron chi connectivity index (χ2n) is 6.27. The van der Waals surface area contributed by atoms with Crippen LogP contribution in [0.1, 0.15) is 33.6 Å². The Balaban J connectivity index is 1.64. The van der Waals surface area contributed by atoms with Crippen molar-refractivity contribution in [3.05, 3.63) is 77.9 Å². The molecule has 25 heavy (non-hydrogen) atoms. The highest BCUT2D eigenvalue weighted by molar-refractivity contribution is 6.14. The van der Waals surface area contributed by atoms with E-state index in [2.05, 4.69) is 10.6 Å². The zero-order valence-corrected chi connectivity index (χ0v) is 13.7. The maximum atomic E-state index is 12.8. The molecule has 1 aliphatic carbocycles. The molecule has 0 aromatic heterocycles. The molecule has 0 spiro atoms. The molecule has 0 radical (unpaired) electrons. The van der Waals surface area contributed by atoms with Gasteiger partial charge < -0.3 is 10.6 Å². The molecular formula is C21H18N2O2. The van der Waals surface area contributed by atoms with Crippen molar-refractivity contribution in [3.8, 4) is 0 Å². The first kappa shape index (κ1) is 15.4. The third-order valence-corrected chi connectivity index (χ3v) is 4.37. The van der Waals surface area contributed by atoms with Gasteiger partial charge in [-0.1, -0.05) is 48.5 Å². The highest BCUT2D eigenvalue weighted by Gasteiger charge is 2.25. The zero-order chi connectivity index (χ0) is 17.2. The van der Waals surface area contributed by atoms with E-state index in [-0.39, 0.29) is 17.9 Å². The van der Waals surface area contributed by atoms with Gasteiger partial charge in [0.15, 0.2) is 0 Å². The third-order valence-electron chi connectivity index (χ3n) is 4.37. The lowest BCUT2D eigenvalue weighted by Crippen LogP contribution is -2.28. The number of nitrogens with one attached hydrogen (secondary N) is 2. The first-order valence-corrected chi connectivity index (χ1v) is 8.41. The van der Waals surface area contributed by atoms with Crippen LogP contribution >= 0.6 is 0 Å². The standard InChI is InChI=1S/C21H18N2O2/c24-20(22-15-12-13-15)17-9-3-4-10-18(17)21(25)23-19-11-5-7-14-6-1-2-8-16(14)19/h1-11,15H,12-13H2,(H,22,24)(H,23,25). The maximum absolute atomic E-state index is 12.8. The Labute approximate surface area is 145 Å². The van der Waals surface area contributed by atoms with Gasteiger partial charge in [-0.15, -0.1) is 0 Å². The maximum Gasteiger partial charge on any atom is 0.256 e. The summed E-state index contributed by atoms with van der Waals surface area (Å²) >= 11 is 0. The minimum absolute atomic E-state index is 0.189. The van der Waals surface area contributed by atoms with Crippen LogP contribution in [0, 0.1) is 0 Å². The first-order valence-electron chi connectivity index (χ1n) is 8.41. The van der Waals surface area contributed by atoms with Crippen molar-refractivity contribution >= 4 is 28.3 Å². The smallest absolute Gasteiger partial charge is 0.256 e. The minimum atomic E-state index is -0.280. The van der Waals surface area contributed by atoms with E-state index in [1.165, 1.54) is 0 Å². The van der Waals surface area contributed by atoms with E-state index in [4.69, 9.17) is 0 Å². The number of benzene rings is 3. The monoisotopic (exact) mass is 330 g/mol. The predicted molar refractivity (Wildman–Crippen MR) is 98.8 cm³/mol. The van der Waals surface area contributed by atoms with E-state index in [0.717, 1.165) is 29.3 Å². The number of fused-ring (bicyclic) bond motifs is 1. The van der Waals surface area contributed by atoms with Crippen molar-refractivity contribution < 1.29 is 9.59 Å². The van der Waals surface area contributed by atoms with Crippen molar-refractivity contribution in [2.75, 3.05) is 5.32 Å². The number of anilines is 1. The van der Waals surface area contributed by atoms with Gasteiger partial charge in [-0.25, -0.2) is 0 Å². The van der Waals surface area contributed by atoms with Crippen LogP contribution in [0.2, 0.25) is 0 Å². The molecule has 0 unspecified atom stereocenters. The van der Waals surface area contributed by atoms with Crippen LogP contribution in [-0.2, 0) is 0 Å². The summed E-state index contributed by atoms with van der Waals surface area (Å²) in [4.78, 5) is 25.2.